The summed E-state index contributed by atoms with van der Waals surface area (Å²) < 4.78 is 0.919. The van der Waals surface area contributed by atoms with Gasteiger partial charge < -0.3 is 5.32 Å². The van der Waals surface area contributed by atoms with Crippen molar-refractivity contribution in [2.45, 2.75) is 26.8 Å². The van der Waals surface area contributed by atoms with Gasteiger partial charge >= 0.3 is 0 Å². The third kappa shape index (κ3) is 5.81. The quantitative estimate of drug-likeness (QED) is 0.767. The number of nitrogens with zero attached hydrogens (tertiary/aromatic N) is 1. The van der Waals surface area contributed by atoms with Crippen LogP contribution in [0.3, 0.4) is 0 Å². The van der Waals surface area contributed by atoms with Crippen LogP contribution in [0.15, 0.2) is 53.0 Å². The van der Waals surface area contributed by atoms with Gasteiger partial charge in [-0.15, -0.1) is 0 Å². The summed E-state index contributed by atoms with van der Waals surface area (Å²) in [6.45, 7) is 6.70. The summed E-state index contributed by atoms with van der Waals surface area (Å²) in [6.07, 6.45) is 0.487. The molecule has 0 aromatic heterocycles. The molecule has 0 radical (unpaired) electrons. The Morgan fingerprint density at radius 3 is 2.57 bits per heavy atom. The van der Waals surface area contributed by atoms with Crippen molar-refractivity contribution < 1.29 is 4.79 Å². The Morgan fingerprint density at radius 2 is 1.91 bits per heavy atom. The van der Waals surface area contributed by atoms with Crippen LogP contribution in [0.4, 0.5) is 5.69 Å². The second kappa shape index (κ2) is 8.85. The van der Waals surface area contributed by atoms with E-state index in [1.807, 2.05) is 43.3 Å². The van der Waals surface area contributed by atoms with E-state index >= 15 is 0 Å². The maximum atomic E-state index is 12.2. The van der Waals surface area contributed by atoms with Gasteiger partial charge in [0.25, 0.3) is 0 Å². The van der Waals surface area contributed by atoms with Gasteiger partial charge in [-0.25, -0.2) is 0 Å². The third-order valence-electron chi connectivity index (χ3n) is 3.75. The lowest BCUT2D eigenvalue weighted by Crippen LogP contribution is -2.27. The standard InChI is InChI=1S/C19H23BrN2O/c1-3-22(14-16-7-5-4-6-8-16)12-11-19(23)21-18-10-9-15(2)13-17(18)20/h4-10,13H,3,11-12,14H2,1-2H3,(H,21,23). The Morgan fingerprint density at radius 1 is 1.17 bits per heavy atom. The fourth-order valence-electron chi connectivity index (χ4n) is 2.38. The number of anilines is 1. The molecule has 0 unspecified atom stereocenters. The van der Waals surface area contributed by atoms with Crippen LogP contribution in [0, 0.1) is 6.92 Å². The van der Waals surface area contributed by atoms with Crippen molar-refractivity contribution >= 4 is 27.5 Å². The number of amides is 1. The predicted octanol–water partition coefficient (Wildman–Crippen LogP) is 4.61. The maximum absolute atomic E-state index is 12.2. The summed E-state index contributed by atoms with van der Waals surface area (Å²) in [6, 6.07) is 16.3. The minimum absolute atomic E-state index is 0.0427. The second-order valence-corrected chi connectivity index (χ2v) is 6.49. The number of rotatable bonds is 7. The Bertz CT molecular complexity index is 643. The zero-order valence-electron chi connectivity index (χ0n) is 13.7. The van der Waals surface area contributed by atoms with Gasteiger partial charge in [0, 0.05) is 24.0 Å². The van der Waals surface area contributed by atoms with Crippen LogP contribution in [0.5, 0.6) is 0 Å². The number of carbonyl (C=O) groups excluding carboxylic acids is 1. The van der Waals surface area contributed by atoms with Gasteiger partial charge in [0.05, 0.1) is 5.69 Å². The van der Waals surface area contributed by atoms with Crippen molar-refractivity contribution in [3.63, 3.8) is 0 Å². The van der Waals surface area contributed by atoms with Crippen molar-refractivity contribution in [1.82, 2.24) is 4.90 Å². The van der Waals surface area contributed by atoms with Crippen molar-refractivity contribution in [2.75, 3.05) is 18.4 Å². The monoisotopic (exact) mass is 374 g/mol. The van der Waals surface area contributed by atoms with Gasteiger partial charge in [-0.2, -0.15) is 0 Å². The van der Waals surface area contributed by atoms with Gasteiger partial charge in [0.2, 0.25) is 5.91 Å². The summed E-state index contributed by atoms with van der Waals surface area (Å²) >= 11 is 3.49. The molecule has 2 aromatic carbocycles. The Labute approximate surface area is 146 Å². The average molecular weight is 375 g/mol. The predicted molar refractivity (Wildman–Crippen MR) is 99.5 cm³/mol. The molecule has 1 amide bonds. The summed E-state index contributed by atoms with van der Waals surface area (Å²) in [5.74, 6) is 0.0427. The highest BCUT2D eigenvalue weighted by molar-refractivity contribution is 9.10. The zero-order valence-corrected chi connectivity index (χ0v) is 15.3. The molecule has 1 N–H and O–H groups in total. The summed E-state index contributed by atoms with van der Waals surface area (Å²) in [5.41, 5.74) is 3.26. The number of aryl methyl sites for hydroxylation is 1. The van der Waals surface area contributed by atoms with Gasteiger partial charge in [-0.1, -0.05) is 43.3 Å². The SMILES string of the molecule is CCN(CCC(=O)Nc1ccc(C)cc1Br)Cc1ccccc1. The van der Waals surface area contributed by atoms with Crippen molar-refractivity contribution in [1.29, 1.82) is 0 Å². The smallest absolute Gasteiger partial charge is 0.225 e. The van der Waals surface area contributed by atoms with Gasteiger partial charge in [-0.05, 0) is 52.7 Å². The van der Waals surface area contributed by atoms with E-state index in [0.717, 1.165) is 35.4 Å². The number of carbonyl (C=O) groups is 1. The van der Waals surface area contributed by atoms with E-state index in [4.69, 9.17) is 0 Å². The van der Waals surface area contributed by atoms with Crippen LogP contribution in [0.1, 0.15) is 24.5 Å². The number of hydrogen-bond acceptors (Lipinski definition) is 2. The van der Waals surface area contributed by atoms with E-state index in [-0.39, 0.29) is 5.91 Å². The van der Waals surface area contributed by atoms with E-state index in [1.54, 1.807) is 0 Å². The van der Waals surface area contributed by atoms with E-state index in [9.17, 15) is 4.79 Å². The van der Waals surface area contributed by atoms with Crippen LogP contribution in [-0.4, -0.2) is 23.9 Å². The lowest BCUT2D eigenvalue weighted by atomic mass is 10.2. The Kier molecular flexibility index (Phi) is 6.81. The van der Waals surface area contributed by atoms with Crippen LogP contribution < -0.4 is 5.32 Å². The van der Waals surface area contributed by atoms with Gasteiger partial charge in [-0.3, -0.25) is 9.69 Å². The minimum atomic E-state index is 0.0427. The average Bonchev–Trinajstić information content (AvgIpc) is 2.55. The Hall–Kier alpha value is -1.65. The molecule has 0 saturated heterocycles. The molecule has 0 bridgehead atoms. The highest BCUT2D eigenvalue weighted by Crippen LogP contribution is 2.23. The van der Waals surface area contributed by atoms with Crippen molar-refractivity contribution in [3.05, 3.63) is 64.1 Å². The molecule has 0 fully saturated rings. The molecular weight excluding hydrogens is 352 g/mol. The van der Waals surface area contributed by atoms with E-state index < -0.39 is 0 Å². The summed E-state index contributed by atoms with van der Waals surface area (Å²) in [5, 5.41) is 2.97. The fourth-order valence-corrected chi connectivity index (χ4v) is 2.98. The molecule has 0 saturated carbocycles. The number of nitrogens with one attached hydrogen (secondary N) is 1. The largest absolute Gasteiger partial charge is 0.325 e. The minimum Gasteiger partial charge on any atom is -0.325 e. The van der Waals surface area contributed by atoms with Crippen LogP contribution >= 0.6 is 15.9 Å². The molecule has 2 rings (SSSR count). The lowest BCUT2D eigenvalue weighted by Gasteiger charge is -2.20. The highest BCUT2D eigenvalue weighted by atomic mass is 79.9. The van der Waals surface area contributed by atoms with Crippen molar-refractivity contribution in [2.24, 2.45) is 0 Å². The van der Waals surface area contributed by atoms with Crippen LogP contribution in [0.25, 0.3) is 0 Å². The molecule has 3 nitrogen and oxygen atoms in total. The maximum Gasteiger partial charge on any atom is 0.225 e. The molecule has 122 valence electrons. The summed E-state index contributed by atoms with van der Waals surface area (Å²) in [7, 11) is 0. The first-order chi connectivity index (χ1) is 11.1. The second-order valence-electron chi connectivity index (χ2n) is 5.64. The zero-order chi connectivity index (χ0) is 16.7. The molecule has 4 heteroatoms. The molecule has 2 aromatic rings. The summed E-state index contributed by atoms with van der Waals surface area (Å²) in [4.78, 5) is 14.4. The highest BCUT2D eigenvalue weighted by Gasteiger charge is 2.09. The van der Waals surface area contributed by atoms with Gasteiger partial charge in [0.15, 0.2) is 0 Å². The van der Waals surface area contributed by atoms with Crippen LogP contribution in [0.2, 0.25) is 0 Å². The molecule has 0 heterocycles. The molecular formula is C19H23BrN2O. The first-order valence-corrected chi connectivity index (χ1v) is 8.70. The molecule has 0 spiro atoms. The molecule has 0 atom stereocenters. The number of hydrogen-bond donors (Lipinski definition) is 1. The molecule has 0 aliphatic rings. The molecule has 23 heavy (non-hydrogen) atoms. The molecule has 0 aliphatic carbocycles. The first-order valence-electron chi connectivity index (χ1n) is 7.90. The fraction of sp³-hybridized carbons (Fsp3) is 0.316. The van der Waals surface area contributed by atoms with E-state index in [2.05, 4.69) is 45.2 Å². The topological polar surface area (TPSA) is 32.3 Å². The molecule has 0 aliphatic heterocycles. The van der Waals surface area contributed by atoms with Crippen molar-refractivity contribution in [3.8, 4) is 0 Å². The normalized spacial score (nSPS) is 10.8. The Balaban J connectivity index is 1.84. The first kappa shape index (κ1) is 17.7. The van der Waals surface area contributed by atoms with Crippen LogP contribution in [-0.2, 0) is 11.3 Å². The van der Waals surface area contributed by atoms with E-state index in [1.165, 1.54) is 5.56 Å². The van der Waals surface area contributed by atoms with Gasteiger partial charge in [0.1, 0.15) is 0 Å². The number of halogens is 1. The lowest BCUT2D eigenvalue weighted by molar-refractivity contribution is -0.116. The van der Waals surface area contributed by atoms with E-state index in [0.29, 0.717) is 6.42 Å². The third-order valence-corrected chi connectivity index (χ3v) is 4.41. The number of benzene rings is 2.